The highest BCUT2D eigenvalue weighted by Crippen LogP contribution is 2.25. The monoisotopic (exact) mass is 369 g/mol. The molecule has 1 heterocycles. The van der Waals surface area contributed by atoms with Gasteiger partial charge in [0.2, 0.25) is 17.6 Å². The van der Waals surface area contributed by atoms with Gasteiger partial charge in [0.25, 0.3) is 0 Å². The summed E-state index contributed by atoms with van der Waals surface area (Å²) < 4.78 is 5.27. The molecule has 2 aromatic carbocycles. The molecule has 0 atom stereocenters. The summed E-state index contributed by atoms with van der Waals surface area (Å²) in [5, 5.41) is 4.51. The van der Waals surface area contributed by atoms with Crippen molar-refractivity contribution < 1.29 is 9.32 Å². The Hall–Kier alpha value is -2.66. The smallest absolute Gasteiger partial charge is 0.246 e. The minimum Gasteiger partial charge on any atom is -0.337 e. The molecule has 134 valence electrons. The summed E-state index contributed by atoms with van der Waals surface area (Å²) in [5.74, 6) is 0.784. The van der Waals surface area contributed by atoms with Gasteiger partial charge in [-0.05, 0) is 37.1 Å². The Balaban J connectivity index is 1.67. The minimum absolute atomic E-state index is 0.00514. The van der Waals surface area contributed by atoms with Crippen LogP contribution in [0, 0.1) is 13.8 Å². The molecule has 1 aromatic heterocycles. The number of aryl methyl sites for hydroxylation is 2. The van der Waals surface area contributed by atoms with Gasteiger partial charge in [-0.25, -0.2) is 0 Å². The molecule has 0 spiro atoms. The topological polar surface area (TPSA) is 59.2 Å². The lowest BCUT2D eigenvalue weighted by Crippen LogP contribution is -2.28. The second-order valence-electron chi connectivity index (χ2n) is 6.35. The fourth-order valence-corrected chi connectivity index (χ4v) is 2.92. The lowest BCUT2D eigenvalue weighted by Gasteiger charge is -2.15. The normalized spacial score (nSPS) is 10.8. The molecule has 5 nitrogen and oxygen atoms in total. The molecule has 3 rings (SSSR count). The van der Waals surface area contributed by atoms with Crippen LogP contribution in [0.5, 0.6) is 0 Å². The molecule has 0 fully saturated rings. The molecule has 0 bridgehead atoms. The molecule has 0 aliphatic carbocycles. The molecular weight excluding hydrogens is 350 g/mol. The van der Waals surface area contributed by atoms with Gasteiger partial charge in [-0.15, -0.1) is 0 Å². The van der Waals surface area contributed by atoms with Crippen molar-refractivity contribution in [3.8, 4) is 11.4 Å². The fraction of sp³-hybridized carbons (Fsp3) is 0.250. The molecule has 0 N–H and O–H groups in total. The van der Waals surface area contributed by atoms with Crippen LogP contribution in [0.25, 0.3) is 11.4 Å². The Morgan fingerprint density at radius 1 is 1.19 bits per heavy atom. The summed E-state index contributed by atoms with van der Waals surface area (Å²) in [5.41, 5.74) is 4.03. The number of nitrogens with zero attached hydrogens (tertiary/aromatic N) is 3. The van der Waals surface area contributed by atoms with Crippen LogP contribution in [-0.4, -0.2) is 28.0 Å². The summed E-state index contributed by atoms with van der Waals surface area (Å²) >= 11 is 6.15. The van der Waals surface area contributed by atoms with Crippen LogP contribution >= 0.6 is 11.6 Å². The van der Waals surface area contributed by atoms with E-state index in [1.807, 2.05) is 44.2 Å². The summed E-state index contributed by atoms with van der Waals surface area (Å²) in [6.07, 6.45) is 0.341. The van der Waals surface area contributed by atoms with Crippen molar-refractivity contribution >= 4 is 17.5 Å². The predicted octanol–water partition coefficient (Wildman–Crippen LogP) is 4.21. The molecule has 3 aromatic rings. The quantitative estimate of drug-likeness (QED) is 0.676. The van der Waals surface area contributed by atoms with Crippen LogP contribution in [0.3, 0.4) is 0 Å². The van der Waals surface area contributed by atoms with Gasteiger partial charge >= 0.3 is 0 Å². The van der Waals surface area contributed by atoms with Crippen molar-refractivity contribution in [2.45, 2.75) is 26.8 Å². The summed E-state index contributed by atoms with van der Waals surface area (Å²) in [4.78, 5) is 18.4. The molecular formula is C20H20ClN3O2. The SMILES string of the molecule is Cc1ccc(CC(=O)N(C)Cc2nc(-c3ccccc3Cl)no2)c(C)c1. The van der Waals surface area contributed by atoms with Crippen molar-refractivity contribution in [3.05, 3.63) is 70.1 Å². The van der Waals surface area contributed by atoms with Crippen LogP contribution in [0.15, 0.2) is 47.0 Å². The third kappa shape index (κ3) is 4.11. The first-order valence-electron chi connectivity index (χ1n) is 8.31. The molecule has 1 amide bonds. The van der Waals surface area contributed by atoms with Crippen molar-refractivity contribution in [1.29, 1.82) is 0 Å². The summed E-state index contributed by atoms with van der Waals surface area (Å²) in [6.45, 7) is 4.31. The maximum absolute atomic E-state index is 12.5. The number of halogens is 1. The zero-order valence-electron chi connectivity index (χ0n) is 15.0. The van der Waals surface area contributed by atoms with Crippen LogP contribution < -0.4 is 0 Å². The summed E-state index contributed by atoms with van der Waals surface area (Å²) in [7, 11) is 1.73. The van der Waals surface area contributed by atoms with Gasteiger partial charge in [0.15, 0.2) is 0 Å². The maximum Gasteiger partial charge on any atom is 0.246 e. The van der Waals surface area contributed by atoms with Gasteiger partial charge in [-0.2, -0.15) is 4.98 Å². The fourth-order valence-electron chi connectivity index (χ4n) is 2.70. The number of carbonyl (C=O) groups is 1. The minimum atomic E-state index is -0.00514. The standard InChI is InChI=1S/C20H20ClN3O2/c1-13-8-9-15(14(2)10-13)11-19(25)24(3)12-18-22-20(23-26-18)16-6-4-5-7-17(16)21/h4-10H,11-12H2,1-3H3. The highest BCUT2D eigenvalue weighted by molar-refractivity contribution is 6.33. The lowest BCUT2D eigenvalue weighted by atomic mass is 10.0. The molecule has 0 saturated heterocycles. The average Bonchev–Trinajstić information content (AvgIpc) is 3.06. The Kier molecular flexibility index (Phi) is 5.38. The van der Waals surface area contributed by atoms with Crippen molar-refractivity contribution in [2.75, 3.05) is 7.05 Å². The third-order valence-corrected chi connectivity index (χ3v) is 4.55. The largest absolute Gasteiger partial charge is 0.337 e. The van der Waals surface area contributed by atoms with Crippen LogP contribution in [0.2, 0.25) is 5.02 Å². The number of benzene rings is 2. The van der Waals surface area contributed by atoms with E-state index in [-0.39, 0.29) is 12.5 Å². The Morgan fingerprint density at radius 3 is 2.69 bits per heavy atom. The van der Waals surface area contributed by atoms with Gasteiger partial charge in [-0.1, -0.05) is 52.7 Å². The number of hydrogen-bond donors (Lipinski definition) is 0. The van der Waals surface area contributed by atoms with Gasteiger partial charge < -0.3 is 9.42 Å². The van der Waals surface area contributed by atoms with E-state index in [2.05, 4.69) is 16.2 Å². The number of likely N-dealkylation sites (N-methyl/N-ethyl adjacent to an activating group) is 1. The van der Waals surface area contributed by atoms with Gasteiger partial charge in [0.1, 0.15) is 0 Å². The molecule has 0 aliphatic heterocycles. The van der Waals surface area contributed by atoms with Gasteiger partial charge in [0.05, 0.1) is 18.0 Å². The number of rotatable bonds is 5. The number of hydrogen-bond acceptors (Lipinski definition) is 4. The number of amides is 1. The second-order valence-corrected chi connectivity index (χ2v) is 6.76. The van der Waals surface area contributed by atoms with E-state index in [0.717, 1.165) is 11.1 Å². The van der Waals surface area contributed by atoms with Crippen LogP contribution in [-0.2, 0) is 17.8 Å². The van der Waals surface area contributed by atoms with Crippen molar-refractivity contribution in [3.63, 3.8) is 0 Å². The van der Waals surface area contributed by atoms with Crippen molar-refractivity contribution in [2.24, 2.45) is 0 Å². The van der Waals surface area contributed by atoms with Crippen LogP contribution in [0.1, 0.15) is 22.6 Å². The highest BCUT2D eigenvalue weighted by Gasteiger charge is 2.16. The molecule has 0 saturated carbocycles. The van der Waals surface area contributed by atoms with Gasteiger partial charge in [0, 0.05) is 12.6 Å². The van der Waals surface area contributed by atoms with E-state index < -0.39 is 0 Å². The summed E-state index contributed by atoms with van der Waals surface area (Å²) in [6, 6.07) is 13.4. The Bertz CT molecular complexity index is 936. The van der Waals surface area contributed by atoms with Crippen molar-refractivity contribution in [1.82, 2.24) is 15.0 Å². The Labute approximate surface area is 157 Å². The van der Waals surface area contributed by atoms with E-state index in [0.29, 0.717) is 28.7 Å². The van der Waals surface area contributed by atoms with E-state index >= 15 is 0 Å². The average molecular weight is 370 g/mol. The zero-order valence-corrected chi connectivity index (χ0v) is 15.7. The molecule has 26 heavy (non-hydrogen) atoms. The Morgan fingerprint density at radius 2 is 1.96 bits per heavy atom. The molecule has 0 unspecified atom stereocenters. The first-order valence-corrected chi connectivity index (χ1v) is 8.69. The maximum atomic E-state index is 12.5. The first-order chi connectivity index (χ1) is 12.4. The van der Waals surface area contributed by atoms with E-state index in [1.165, 1.54) is 5.56 Å². The lowest BCUT2D eigenvalue weighted by molar-refractivity contribution is -0.130. The number of aromatic nitrogens is 2. The highest BCUT2D eigenvalue weighted by atomic mass is 35.5. The molecule has 6 heteroatoms. The second kappa shape index (κ2) is 7.70. The zero-order chi connectivity index (χ0) is 18.7. The molecule has 0 aliphatic rings. The van der Waals surface area contributed by atoms with E-state index in [4.69, 9.17) is 16.1 Å². The van der Waals surface area contributed by atoms with E-state index in [1.54, 1.807) is 18.0 Å². The number of carbonyl (C=O) groups excluding carboxylic acids is 1. The molecule has 0 radical (unpaired) electrons. The third-order valence-electron chi connectivity index (χ3n) is 4.22. The van der Waals surface area contributed by atoms with E-state index in [9.17, 15) is 4.79 Å². The predicted molar refractivity (Wildman–Crippen MR) is 101 cm³/mol. The van der Waals surface area contributed by atoms with Crippen LogP contribution in [0.4, 0.5) is 0 Å². The first kappa shape index (κ1) is 18.1. The van der Waals surface area contributed by atoms with Gasteiger partial charge in [-0.3, -0.25) is 4.79 Å².